The number of aliphatic carboxylic acids is 1. The van der Waals surface area contributed by atoms with Crippen LogP contribution in [0.4, 0.5) is 4.39 Å². The molecule has 4 nitrogen and oxygen atoms in total. The Kier molecular flexibility index (Phi) is 4.57. The van der Waals surface area contributed by atoms with Crippen molar-refractivity contribution in [1.82, 2.24) is 9.97 Å². The van der Waals surface area contributed by atoms with Crippen molar-refractivity contribution in [3.63, 3.8) is 0 Å². The van der Waals surface area contributed by atoms with Gasteiger partial charge in [0.25, 0.3) is 0 Å². The fraction of sp³-hybridized carbons (Fsp3) is 0.316. The third kappa shape index (κ3) is 3.60. The standard InChI is InChI=1S/C19H17FN2O2/c20-19(8-6-14-11-21-13-22-12-14)9-7-16(18(23)24)17(10-19)15-4-2-1-3-5-15/h1-5,11-13,16-17H,7,9-10H2,(H,23,24)/t16-,17+,19?/m1/s1. The minimum Gasteiger partial charge on any atom is -0.481 e. The highest BCUT2D eigenvalue weighted by Gasteiger charge is 2.43. The van der Waals surface area contributed by atoms with E-state index in [4.69, 9.17) is 0 Å². The summed E-state index contributed by atoms with van der Waals surface area (Å²) in [7, 11) is 0. The van der Waals surface area contributed by atoms with Crippen LogP contribution in [0.2, 0.25) is 0 Å². The maximum absolute atomic E-state index is 15.2. The van der Waals surface area contributed by atoms with Gasteiger partial charge in [0.1, 0.15) is 6.33 Å². The average Bonchev–Trinajstić information content (AvgIpc) is 2.61. The van der Waals surface area contributed by atoms with Gasteiger partial charge in [-0.2, -0.15) is 0 Å². The molecule has 3 rings (SSSR count). The van der Waals surface area contributed by atoms with Crippen molar-refractivity contribution in [1.29, 1.82) is 0 Å². The third-order valence-corrected chi connectivity index (χ3v) is 4.42. The second-order valence-corrected chi connectivity index (χ2v) is 6.05. The summed E-state index contributed by atoms with van der Waals surface area (Å²) in [5.41, 5.74) is -0.315. The van der Waals surface area contributed by atoms with Crippen LogP contribution in [0.1, 0.15) is 36.3 Å². The Bertz CT molecular complexity index is 770. The number of alkyl halides is 1. The first-order chi connectivity index (χ1) is 11.6. The number of carbonyl (C=O) groups is 1. The number of rotatable bonds is 2. The van der Waals surface area contributed by atoms with E-state index < -0.39 is 17.6 Å². The van der Waals surface area contributed by atoms with E-state index in [0.717, 1.165) is 5.56 Å². The smallest absolute Gasteiger partial charge is 0.307 e. The molecule has 2 aromatic rings. The molecule has 24 heavy (non-hydrogen) atoms. The van der Waals surface area contributed by atoms with Gasteiger partial charge < -0.3 is 5.11 Å². The molecule has 1 N–H and O–H groups in total. The highest BCUT2D eigenvalue weighted by molar-refractivity contribution is 5.71. The molecule has 1 fully saturated rings. The zero-order valence-electron chi connectivity index (χ0n) is 13.0. The van der Waals surface area contributed by atoms with Gasteiger partial charge in [-0.05, 0) is 18.4 Å². The van der Waals surface area contributed by atoms with Gasteiger partial charge in [-0.3, -0.25) is 4.79 Å². The highest BCUT2D eigenvalue weighted by atomic mass is 19.1. The number of aromatic nitrogens is 2. The first-order valence-corrected chi connectivity index (χ1v) is 7.82. The first-order valence-electron chi connectivity index (χ1n) is 7.82. The van der Waals surface area contributed by atoms with Gasteiger partial charge in [0.2, 0.25) is 0 Å². The second-order valence-electron chi connectivity index (χ2n) is 6.05. The minimum atomic E-state index is -1.71. The van der Waals surface area contributed by atoms with Gasteiger partial charge in [-0.15, -0.1) is 0 Å². The topological polar surface area (TPSA) is 63.1 Å². The molecule has 1 aromatic carbocycles. The molecule has 3 atom stereocenters. The quantitative estimate of drug-likeness (QED) is 0.862. The summed E-state index contributed by atoms with van der Waals surface area (Å²) in [5, 5.41) is 9.47. The lowest BCUT2D eigenvalue weighted by Crippen LogP contribution is -2.37. The number of carboxylic acid groups (broad SMARTS) is 1. The van der Waals surface area contributed by atoms with Crippen LogP contribution in [0.15, 0.2) is 49.1 Å². The van der Waals surface area contributed by atoms with Gasteiger partial charge in [-0.1, -0.05) is 42.2 Å². The summed E-state index contributed by atoms with van der Waals surface area (Å²) in [6.07, 6.45) is 4.91. The number of halogens is 1. The van der Waals surface area contributed by atoms with E-state index in [9.17, 15) is 9.90 Å². The minimum absolute atomic E-state index is 0.0780. The fourth-order valence-corrected chi connectivity index (χ4v) is 3.19. The molecule has 1 aromatic heterocycles. The van der Waals surface area contributed by atoms with Crippen LogP contribution >= 0.6 is 0 Å². The maximum Gasteiger partial charge on any atom is 0.307 e. The second kappa shape index (κ2) is 6.79. The van der Waals surface area contributed by atoms with Gasteiger partial charge in [0.15, 0.2) is 5.67 Å². The molecule has 5 heteroatoms. The number of hydrogen-bond donors (Lipinski definition) is 1. The lowest BCUT2D eigenvalue weighted by atomic mass is 9.70. The van der Waals surface area contributed by atoms with Crippen LogP contribution in [0.25, 0.3) is 0 Å². The van der Waals surface area contributed by atoms with Crippen LogP contribution < -0.4 is 0 Å². The molecular weight excluding hydrogens is 307 g/mol. The molecule has 0 amide bonds. The molecule has 0 radical (unpaired) electrons. The highest BCUT2D eigenvalue weighted by Crippen LogP contribution is 2.44. The monoisotopic (exact) mass is 324 g/mol. The summed E-state index contributed by atoms with van der Waals surface area (Å²) in [5.74, 6) is 3.61. The summed E-state index contributed by atoms with van der Waals surface area (Å²) in [6.45, 7) is 0. The molecule has 1 heterocycles. The number of carboxylic acids is 1. The molecule has 1 aliphatic carbocycles. The predicted octanol–water partition coefficient (Wildman–Crippen LogP) is 3.20. The zero-order chi connectivity index (χ0) is 17.0. The van der Waals surface area contributed by atoms with Gasteiger partial charge in [-0.25, -0.2) is 14.4 Å². The van der Waals surface area contributed by atoms with Crippen molar-refractivity contribution in [2.45, 2.75) is 30.8 Å². The Morgan fingerprint density at radius 2 is 1.96 bits per heavy atom. The Labute approximate surface area is 139 Å². The molecular formula is C19H17FN2O2. The lowest BCUT2D eigenvalue weighted by Gasteiger charge is -2.35. The van der Waals surface area contributed by atoms with Crippen molar-refractivity contribution in [2.75, 3.05) is 0 Å². The average molecular weight is 324 g/mol. The number of benzene rings is 1. The van der Waals surface area contributed by atoms with Crippen LogP contribution in [-0.2, 0) is 4.79 Å². The SMILES string of the molecule is O=C(O)[C@@H]1CCC(F)(C#Cc2cncnc2)C[C@H]1c1ccccc1. The lowest BCUT2D eigenvalue weighted by molar-refractivity contribution is -0.144. The largest absolute Gasteiger partial charge is 0.481 e. The number of nitrogens with zero attached hydrogens (tertiary/aromatic N) is 2. The maximum atomic E-state index is 15.2. The van der Waals surface area contributed by atoms with Crippen molar-refractivity contribution < 1.29 is 14.3 Å². The Morgan fingerprint density at radius 3 is 2.62 bits per heavy atom. The Balaban J connectivity index is 1.87. The molecule has 0 bridgehead atoms. The molecule has 122 valence electrons. The molecule has 1 unspecified atom stereocenters. The summed E-state index contributed by atoms with van der Waals surface area (Å²) in [4.78, 5) is 19.3. The zero-order valence-corrected chi connectivity index (χ0v) is 13.0. The Morgan fingerprint density at radius 1 is 1.25 bits per heavy atom. The molecule has 0 aliphatic heterocycles. The van der Waals surface area contributed by atoms with E-state index in [-0.39, 0.29) is 25.2 Å². The van der Waals surface area contributed by atoms with E-state index >= 15 is 4.39 Å². The van der Waals surface area contributed by atoms with E-state index in [1.54, 1.807) is 0 Å². The number of hydrogen-bond acceptors (Lipinski definition) is 3. The molecule has 0 spiro atoms. The van der Waals surface area contributed by atoms with Gasteiger partial charge in [0, 0.05) is 24.7 Å². The van der Waals surface area contributed by atoms with Crippen molar-refractivity contribution in [2.24, 2.45) is 5.92 Å². The van der Waals surface area contributed by atoms with E-state index in [0.29, 0.717) is 5.56 Å². The van der Waals surface area contributed by atoms with E-state index in [1.165, 1.54) is 18.7 Å². The summed E-state index contributed by atoms with van der Waals surface area (Å²) in [6, 6.07) is 9.25. The van der Waals surface area contributed by atoms with Crippen LogP contribution in [0.3, 0.4) is 0 Å². The molecule has 1 saturated carbocycles. The van der Waals surface area contributed by atoms with Crippen molar-refractivity contribution >= 4 is 5.97 Å². The van der Waals surface area contributed by atoms with E-state index in [1.807, 2.05) is 30.3 Å². The Hall–Kier alpha value is -2.74. The third-order valence-electron chi connectivity index (χ3n) is 4.42. The van der Waals surface area contributed by atoms with Crippen molar-refractivity contribution in [3.8, 4) is 11.8 Å². The van der Waals surface area contributed by atoms with Crippen LogP contribution in [0, 0.1) is 17.8 Å². The van der Waals surface area contributed by atoms with Gasteiger partial charge in [0.05, 0.1) is 11.5 Å². The van der Waals surface area contributed by atoms with Crippen LogP contribution in [-0.4, -0.2) is 26.7 Å². The van der Waals surface area contributed by atoms with Gasteiger partial charge >= 0.3 is 5.97 Å². The van der Waals surface area contributed by atoms with Crippen LogP contribution in [0.5, 0.6) is 0 Å². The van der Waals surface area contributed by atoms with E-state index in [2.05, 4.69) is 21.8 Å². The van der Waals surface area contributed by atoms with Crippen molar-refractivity contribution in [3.05, 3.63) is 60.2 Å². The fourth-order valence-electron chi connectivity index (χ4n) is 3.19. The first kappa shape index (κ1) is 16.1. The summed E-state index contributed by atoms with van der Waals surface area (Å²) >= 11 is 0. The molecule has 0 saturated heterocycles. The predicted molar refractivity (Wildman–Crippen MR) is 86.9 cm³/mol. The normalized spacial score (nSPS) is 26.2. The summed E-state index contributed by atoms with van der Waals surface area (Å²) < 4.78 is 15.2. The molecule has 1 aliphatic rings.